The second kappa shape index (κ2) is 5.05. The minimum absolute atomic E-state index is 0.0306. The predicted molar refractivity (Wildman–Crippen MR) is 75.5 cm³/mol. The number of anilines is 1. The Morgan fingerprint density at radius 2 is 2.05 bits per heavy atom. The number of carbonyl (C=O) groups excluding carboxylic acids is 1. The number of benzene rings is 1. The van der Waals surface area contributed by atoms with Crippen molar-refractivity contribution in [3.8, 4) is 0 Å². The molecule has 0 atom stereocenters. The van der Waals surface area contributed by atoms with E-state index < -0.39 is 11.5 Å². The van der Waals surface area contributed by atoms with Crippen molar-refractivity contribution in [2.45, 2.75) is 13.8 Å². The molecule has 5 nitrogen and oxygen atoms in total. The second-order valence-corrected chi connectivity index (χ2v) is 5.11. The SMILES string of the molecule is Cc1cc(NC(=O)c2c(C)n(C)oc2=O)ccc1Br. The molecule has 6 heteroatoms. The van der Waals surface area contributed by atoms with Crippen LogP contribution in [0.15, 0.2) is 32.0 Å². The molecule has 0 spiro atoms. The van der Waals surface area contributed by atoms with Gasteiger partial charge in [-0.1, -0.05) is 15.9 Å². The molecule has 0 fully saturated rings. The van der Waals surface area contributed by atoms with Crippen LogP contribution in [0.5, 0.6) is 0 Å². The molecule has 1 amide bonds. The molecule has 0 bridgehead atoms. The fourth-order valence-electron chi connectivity index (χ4n) is 1.72. The predicted octanol–water partition coefficient (Wildman–Crippen LogP) is 2.61. The van der Waals surface area contributed by atoms with Gasteiger partial charge in [0.1, 0.15) is 5.56 Å². The van der Waals surface area contributed by atoms with Crippen molar-refractivity contribution < 1.29 is 9.32 Å². The van der Waals surface area contributed by atoms with E-state index in [4.69, 9.17) is 4.52 Å². The summed E-state index contributed by atoms with van der Waals surface area (Å²) in [7, 11) is 1.58. The van der Waals surface area contributed by atoms with Gasteiger partial charge in [0.25, 0.3) is 5.91 Å². The summed E-state index contributed by atoms with van der Waals surface area (Å²) in [6.45, 7) is 3.58. The van der Waals surface area contributed by atoms with Crippen LogP contribution < -0.4 is 10.9 Å². The van der Waals surface area contributed by atoms with E-state index in [2.05, 4.69) is 21.2 Å². The average molecular weight is 325 g/mol. The Morgan fingerprint density at radius 1 is 1.37 bits per heavy atom. The first kappa shape index (κ1) is 13.6. The monoisotopic (exact) mass is 324 g/mol. The molecular weight excluding hydrogens is 312 g/mol. The van der Waals surface area contributed by atoms with E-state index in [0.29, 0.717) is 11.4 Å². The normalized spacial score (nSPS) is 10.5. The average Bonchev–Trinajstić information content (AvgIpc) is 2.58. The van der Waals surface area contributed by atoms with Gasteiger partial charge in [-0.3, -0.25) is 4.79 Å². The molecule has 1 aromatic carbocycles. The van der Waals surface area contributed by atoms with Gasteiger partial charge in [-0.15, -0.1) is 0 Å². The lowest BCUT2D eigenvalue weighted by molar-refractivity contribution is 0.102. The zero-order valence-corrected chi connectivity index (χ0v) is 12.4. The van der Waals surface area contributed by atoms with E-state index in [1.165, 1.54) is 4.74 Å². The molecule has 2 rings (SSSR count). The van der Waals surface area contributed by atoms with Gasteiger partial charge in [0.2, 0.25) is 0 Å². The summed E-state index contributed by atoms with van der Waals surface area (Å²) >= 11 is 3.39. The number of nitrogens with zero attached hydrogens (tertiary/aromatic N) is 1. The zero-order chi connectivity index (χ0) is 14.2. The van der Waals surface area contributed by atoms with E-state index in [0.717, 1.165) is 10.0 Å². The number of carbonyl (C=O) groups is 1. The van der Waals surface area contributed by atoms with Gasteiger partial charge in [0, 0.05) is 17.2 Å². The summed E-state index contributed by atoms with van der Waals surface area (Å²) in [5, 5.41) is 2.69. The summed E-state index contributed by atoms with van der Waals surface area (Å²) in [6.07, 6.45) is 0. The zero-order valence-electron chi connectivity index (χ0n) is 10.8. The molecule has 0 aliphatic carbocycles. The van der Waals surface area contributed by atoms with Gasteiger partial charge in [0.05, 0.1) is 5.69 Å². The highest BCUT2D eigenvalue weighted by Gasteiger charge is 2.19. The number of aromatic nitrogens is 1. The van der Waals surface area contributed by atoms with E-state index in [1.54, 1.807) is 20.0 Å². The molecule has 2 aromatic rings. The Labute approximate surface area is 118 Å². The van der Waals surface area contributed by atoms with Crippen LogP contribution in [0, 0.1) is 13.8 Å². The number of halogens is 1. The van der Waals surface area contributed by atoms with Crippen molar-refractivity contribution in [2.75, 3.05) is 5.32 Å². The molecule has 0 saturated carbocycles. The maximum atomic E-state index is 12.1. The lowest BCUT2D eigenvalue weighted by atomic mass is 10.2. The maximum Gasteiger partial charge on any atom is 0.370 e. The maximum absolute atomic E-state index is 12.1. The Kier molecular flexibility index (Phi) is 3.61. The third-order valence-corrected chi connectivity index (χ3v) is 3.79. The fourth-order valence-corrected chi connectivity index (χ4v) is 1.96. The molecule has 1 aromatic heterocycles. The molecular formula is C13H13BrN2O3. The number of amides is 1. The molecule has 19 heavy (non-hydrogen) atoms. The number of nitrogens with one attached hydrogen (secondary N) is 1. The van der Waals surface area contributed by atoms with Crippen molar-refractivity contribution in [1.29, 1.82) is 0 Å². The Hall–Kier alpha value is -1.82. The van der Waals surface area contributed by atoms with Crippen LogP contribution in [0.2, 0.25) is 0 Å². The van der Waals surface area contributed by atoms with E-state index in [1.807, 2.05) is 19.1 Å². The van der Waals surface area contributed by atoms with Crippen molar-refractivity contribution >= 4 is 27.5 Å². The minimum atomic E-state index is -0.633. The van der Waals surface area contributed by atoms with Crippen LogP contribution in [-0.4, -0.2) is 10.6 Å². The van der Waals surface area contributed by atoms with Crippen LogP contribution in [0.25, 0.3) is 0 Å². The van der Waals surface area contributed by atoms with Crippen molar-refractivity contribution in [1.82, 2.24) is 4.74 Å². The molecule has 0 saturated heterocycles. The highest BCUT2D eigenvalue weighted by atomic mass is 79.9. The Morgan fingerprint density at radius 3 is 2.58 bits per heavy atom. The van der Waals surface area contributed by atoms with Crippen molar-refractivity contribution in [3.05, 3.63) is 49.9 Å². The van der Waals surface area contributed by atoms with Crippen LogP contribution in [0.1, 0.15) is 21.6 Å². The first-order valence-electron chi connectivity index (χ1n) is 5.64. The molecule has 0 unspecified atom stereocenters. The summed E-state index contributed by atoms with van der Waals surface area (Å²) in [5.41, 5.74) is 1.52. The summed E-state index contributed by atoms with van der Waals surface area (Å²) < 4.78 is 7.08. The van der Waals surface area contributed by atoms with Crippen molar-refractivity contribution in [2.24, 2.45) is 7.05 Å². The lowest BCUT2D eigenvalue weighted by Gasteiger charge is -2.06. The van der Waals surface area contributed by atoms with E-state index in [9.17, 15) is 9.59 Å². The van der Waals surface area contributed by atoms with Crippen LogP contribution in [0.4, 0.5) is 5.69 Å². The largest absolute Gasteiger partial charge is 0.370 e. The van der Waals surface area contributed by atoms with Gasteiger partial charge in [-0.05, 0) is 37.6 Å². The molecule has 1 heterocycles. The number of hydrogen-bond acceptors (Lipinski definition) is 3. The Bertz CT molecular complexity index is 700. The van der Waals surface area contributed by atoms with E-state index >= 15 is 0 Å². The topological polar surface area (TPSA) is 64.2 Å². The first-order valence-corrected chi connectivity index (χ1v) is 6.44. The quantitative estimate of drug-likeness (QED) is 0.923. The number of rotatable bonds is 2. The van der Waals surface area contributed by atoms with Crippen molar-refractivity contribution in [3.63, 3.8) is 0 Å². The standard InChI is InChI=1S/C13H13BrN2O3/c1-7-6-9(4-5-10(7)14)15-12(17)11-8(2)16(3)19-13(11)18/h4-6H,1-3H3,(H,15,17). The summed E-state index contributed by atoms with van der Waals surface area (Å²) in [4.78, 5) is 23.6. The summed E-state index contributed by atoms with van der Waals surface area (Å²) in [5.74, 6) is -0.464. The summed E-state index contributed by atoms with van der Waals surface area (Å²) in [6, 6.07) is 5.42. The highest BCUT2D eigenvalue weighted by molar-refractivity contribution is 9.10. The van der Waals surface area contributed by atoms with Gasteiger partial charge in [-0.2, -0.15) is 0 Å². The van der Waals surface area contributed by atoms with Crippen LogP contribution in [-0.2, 0) is 7.05 Å². The third kappa shape index (κ3) is 2.63. The first-order chi connectivity index (χ1) is 8.90. The molecule has 0 aliphatic heterocycles. The minimum Gasteiger partial charge on any atom is -0.336 e. The van der Waals surface area contributed by atoms with Crippen LogP contribution in [0.3, 0.4) is 0 Å². The molecule has 1 N–H and O–H groups in total. The van der Waals surface area contributed by atoms with Gasteiger partial charge < -0.3 is 9.84 Å². The molecule has 0 aliphatic rings. The second-order valence-electron chi connectivity index (χ2n) is 4.25. The highest BCUT2D eigenvalue weighted by Crippen LogP contribution is 2.20. The molecule has 100 valence electrons. The Balaban J connectivity index is 2.31. The lowest BCUT2D eigenvalue weighted by Crippen LogP contribution is -2.19. The van der Waals surface area contributed by atoms with E-state index in [-0.39, 0.29) is 5.56 Å². The number of hydrogen-bond donors (Lipinski definition) is 1. The fraction of sp³-hybridized carbons (Fsp3) is 0.231. The smallest absolute Gasteiger partial charge is 0.336 e. The van der Waals surface area contributed by atoms with Gasteiger partial charge >= 0.3 is 5.63 Å². The van der Waals surface area contributed by atoms with Crippen LogP contribution >= 0.6 is 15.9 Å². The van der Waals surface area contributed by atoms with Gasteiger partial charge in [0.15, 0.2) is 0 Å². The number of aryl methyl sites for hydroxylation is 2. The van der Waals surface area contributed by atoms with Gasteiger partial charge in [-0.25, -0.2) is 9.53 Å². The third-order valence-electron chi connectivity index (χ3n) is 2.90. The molecule has 0 radical (unpaired) electrons.